The Morgan fingerprint density at radius 3 is 2.40 bits per heavy atom. The van der Waals surface area contributed by atoms with E-state index in [0.29, 0.717) is 21.2 Å². The van der Waals surface area contributed by atoms with Gasteiger partial charge in [-0.25, -0.2) is 8.42 Å². The number of nitrogens with zero attached hydrogens (tertiary/aromatic N) is 1. The Bertz CT molecular complexity index is 870. The van der Waals surface area contributed by atoms with Crippen molar-refractivity contribution in [3.05, 3.63) is 63.6 Å². The maximum atomic E-state index is 12.5. The molecule has 2 aromatic rings. The van der Waals surface area contributed by atoms with E-state index in [0.717, 1.165) is 0 Å². The highest BCUT2D eigenvalue weighted by Crippen LogP contribution is 2.26. The Hall–Kier alpha value is -1.64. The molecule has 2 aromatic carbocycles. The van der Waals surface area contributed by atoms with Crippen LogP contribution in [0.25, 0.3) is 0 Å². The van der Waals surface area contributed by atoms with E-state index in [9.17, 15) is 13.2 Å². The molecule has 0 aliphatic heterocycles. The van der Waals surface area contributed by atoms with Crippen molar-refractivity contribution < 1.29 is 18.0 Å². The fourth-order valence-corrected chi connectivity index (χ4v) is 3.34. The average molecular weight is 403 g/mol. The zero-order valence-electron chi connectivity index (χ0n) is 13.5. The second-order valence-electron chi connectivity index (χ2n) is 5.19. The molecule has 0 bridgehead atoms. The second-order valence-corrected chi connectivity index (χ2v) is 7.62. The normalized spacial score (nSPS) is 11.4. The van der Waals surface area contributed by atoms with Gasteiger partial charge in [0.25, 0.3) is 15.9 Å². The molecule has 0 saturated carbocycles. The molecule has 9 heteroatoms. The summed E-state index contributed by atoms with van der Waals surface area (Å²) in [4.78, 5) is 20.3. The van der Waals surface area contributed by atoms with Crippen LogP contribution in [0.5, 0.6) is 0 Å². The van der Waals surface area contributed by atoms with E-state index < -0.39 is 10.0 Å². The number of carbonyl (C=O) groups excluding carboxylic acids is 1. The molecule has 0 fully saturated rings. The van der Waals surface area contributed by atoms with Gasteiger partial charge in [0.15, 0.2) is 0 Å². The SMILES string of the molecule is CONS(=O)(=O)c1ccc(C(=O)N(C)Cc2cccc(Cl)c2Cl)cc1. The zero-order chi connectivity index (χ0) is 18.6. The van der Waals surface area contributed by atoms with Crippen LogP contribution in [0.1, 0.15) is 15.9 Å². The summed E-state index contributed by atoms with van der Waals surface area (Å²) in [5.74, 6) is -0.278. The van der Waals surface area contributed by atoms with Crippen molar-refractivity contribution in [1.29, 1.82) is 0 Å². The van der Waals surface area contributed by atoms with Crippen LogP contribution in [0.3, 0.4) is 0 Å². The van der Waals surface area contributed by atoms with Gasteiger partial charge in [-0.15, -0.1) is 0 Å². The van der Waals surface area contributed by atoms with Gasteiger partial charge in [-0.3, -0.25) is 9.63 Å². The van der Waals surface area contributed by atoms with Crippen molar-refractivity contribution in [2.75, 3.05) is 14.2 Å². The van der Waals surface area contributed by atoms with E-state index >= 15 is 0 Å². The lowest BCUT2D eigenvalue weighted by Gasteiger charge is -2.18. The summed E-state index contributed by atoms with van der Waals surface area (Å²) in [6.07, 6.45) is 0. The van der Waals surface area contributed by atoms with E-state index in [1.807, 2.05) is 4.89 Å². The van der Waals surface area contributed by atoms with Gasteiger partial charge in [-0.2, -0.15) is 0 Å². The number of sulfonamides is 1. The van der Waals surface area contributed by atoms with Crippen LogP contribution in [0, 0.1) is 0 Å². The third kappa shape index (κ3) is 4.71. The van der Waals surface area contributed by atoms with Gasteiger partial charge >= 0.3 is 0 Å². The molecular formula is C16H16Cl2N2O4S. The van der Waals surface area contributed by atoms with E-state index in [-0.39, 0.29) is 17.3 Å². The van der Waals surface area contributed by atoms with Crippen molar-refractivity contribution >= 4 is 39.1 Å². The minimum Gasteiger partial charge on any atom is -0.337 e. The fraction of sp³-hybridized carbons (Fsp3) is 0.188. The first kappa shape index (κ1) is 19.7. The molecule has 6 nitrogen and oxygen atoms in total. The highest BCUT2D eigenvalue weighted by atomic mass is 35.5. The molecule has 0 radical (unpaired) electrons. The van der Waals surface area contributed by atoms with E-state index in [4.69, 9.17) is 23.2 Å². The van der Waals surface area contributed by atoms with Crippen LogP contribution in [-0.4, -0.2) is 33.4 Å². The molecule has 134 valence electrons. The van der Waals surface area contributed by atoms with Crippen molar-refractivity contribution in [3.8, 4) is 0 Å². The standard InChI is InChI=1S/C16H16Cl2N2O4S/c1-20(10-12-4-3-5-14(17)15(12)18)16(21)11-6-8-13(9-7-11)25(22,23)19-24-2/h3-9,19H,10H2,1-2H3. The Kier molecular flexibility index (Phi) is 6.42. The van der Waals surface area contributed by atoms with E-state index in [1.54, 1.807) is 25.2 Å². The van der Waals surface area contributed by atoms with E-state index in [2.05, 4.69) is 4.84 Å². The Morgan fingerprint density at radius 1 is 1.16 bits per heavy atom. The molecule has 1 amide bonds. The minimum atomic E-state index is -3.76. The number of rotatable bonds is 6. The minimum absolute atomic E-state index is 0.00793. The van der Waals surface area contributed by atoms with Gasteiger partial charge in [0.1, 0.15) is 0 Å². The maximum Gasteiger partial charge on any atom is 0.262 e. The van der Waals surface area contributed by atoms with Gasteiger partial charge in [0, 0.05) is 19.2 Å². The third-order valence-electron chi connectivity index (χ3n) is 3.39. The van der Waals surface area contributed by atoms with Crippen LogP contribution >= 0.6 is 23.2 Å². The molecule has 1 N–H and O–H groups in total. The van der Waals surface area contributed by atoms with Gasteiger partial charge in [-0.1, -0.05) is 40.2 Å². The van der Waals surface area contributed by atoms with Crippen LogP contribution in [0.4, 0.5) is 0 Å². The molecule has 0 aromatic heterocycles. The Morgan fingerprint density at radius 2 is 1.80 bits per heavy atom. The number of nitrogens with one attached hydrogen (secondary N) is 1. The molecule has 0 aliphatic carbocycles. The first-order valence-corrected chi connectivity index (χ1v) is 9.33. The number of amides is 1. The summed E-state index contributed by atoms with van der Waals surface area (Å²) in [5.41, 5.74) is 1.06. The Labute approximate surface area is 156 Å². The lowest BCUT2D eigenvalue weighted by Crippen LogP contribution is -2.26. The van der Waals surface area contributed by atoms with Crippen molar-refractivity contribution in [2.24, 2.45) is 0 Å². The van der Waals surface area contributed by atoms with Crippen molar-refractivity contribution in [1.82, 2.24) is 9.79 Å². The van der Waals surface area contributed by atoms with Crippen LogP contribution in [-0.2, 0) is 21.4 Å². The highest BCUT2D eigenvalue weighted by Gasteiger charge is 2.17. The average Bonchev–Trinajstić information content (AvgIpc) is 2.58. The quantitative estimate of drug-likeness (QED) is 0.753. The smallest absolute Gasteiger partial charge is 0.262 e. The number of halogens is 2. The predicted molar refractivity (Wildman–Crippen MR) is 96.0 cm³/mol. The molecule has 25 heavy (non-hydrogen) atoms. The summed E-state index contributed by atoms with van der Waals surface area (Å²) >= 11 is 12.1. The summed E-state index contributed by atoms with van der Waals surface area (Å²) in [7, 11) is -0.940. The summed E-state index contributed by atoms with van der Waals surface area (Å²) in [6.45, 7) is 0.267. The maximum absolute atomic E-state index is 12.5. The van der Waals surface area contributed by atoms with Crippen LogP contribution in [0.15, 0.2) is 47.4 Å². The van der Waals surface area contributed by atoms with Crippen LogP contribution < -0.4 is 4.89 Å². The molecule has 0 aliphatic rings. The van der Waals surface area contributed by atoms with Gasteiger partial charge in [0.2, 0.25) is 0 Å². The Balaban J connectivity index is 2.16. The first-order chi connectivity index (χ1) is 11.8. The van der Waals surface area contributed by atoms with Crippen LogP contribution in [0.2, 0.25) is 10.0 Å². The summed E-state index contributed by atoms with van der Waals surface area (Å²) < 4.78 is 23.6. The molecule has 0 atom stereocenters. The summed E-state index contributed by atoms with van der Waals surface area (Å²) in [6, 6.07) is 10.7. The number of benzene rings is 2. The molecule has 2 rings (SSSR count). The van der Waals surface area contributed by atoms with Gasteiger partial charge < -0.3 is 4.90 Å². The second kappa shape index (κ2) is 8.16. The topological polar surface area (TPSA) is 75.7 Å². The molecule has 0 unspecified atom stereocenters. The molecule has 0 saturated heterocycles. The lowest BCUT2D eigenvalue weighted by molar-refractivity contribution is 0.0785. The number of hydrogen-bond donors (Lipinski definition) is 1. The third-order valence-corrected chi connectivity index (χ3v) is 5.53. The molecule has 0 heterocycles. The summed E-state index contributed by atoms with van der Waals surface area (Å²) in [5, 5.41) is 0.816. The van der Waals surface area contributed by atoms with Crippen molar-refractivity contribution in [2.45, 2.75) is 11.4 Å². The van der Waals surface area contributed by atoms with Gasteiger partial charge in [0.05, 0.1) is 22.1 Å². The highest BCUT2D eigenvalue weighted by molar-refractivity contribution is 7.89. The number of carbonyl (C=O) groups is 1. The van der Waals surface area contributed by atoms with Gasteiger partial charge in [-0.05, 0) is 35.9 Å². The predicted octanol–water partition coefficient (Wildman–Crippen LogP) is 3.11. The fourth-order valence-electron chi connectivity index (χ4n) is 2.15. The van der Waals surface area contributed by atoms with E-state index in [1.165, 1.54) is 36.3 Å². The lowest BCUT2D eigenvalue weighted by atomic mass is 10.1. The largest absolute Gasteiger partial charge is 0.337 e. The zero-order valence-corrected chi connectivity index (χ0v) is 15.8. The number of hydrogen-bond acceptors (Lipinski definition) is 4. The van der Waals surface area contributed by atoms with Crippen molar-refractivity contribution in [3.63, 3.8) is 0 Å². The first-order valence-electron chi connectivity index (χ1n) is 7.09. The monoisotopic (exact) mass is 402 g/mol. The molecule has 0 spiro atoms. The molecular weight excluding hydrogens is 387 g/mol.